The van der Waals surface area contributed by atoms with Gasteiger partial charge in [-0.25, -0.2) is 0 Å². The molecule has 0 aromatic carbocycles. The van der Waals surface area contributed by atoms with Crippen LogP contribution in [0.3, 0.4) is 0 Å². The summed E-state index contributed by atoms with van der Waals surface area (Å²) >= 11 is 1.71. The van der Waals surface area contributed by atoms with Crippen LogP contribution < -0.4 is 5.73 Å². The molecule has 0 radical (unpaired) electrons. The van der Waals surface area contributed by atoms with Gasteiger partial charge in [-0.1, -0.05) is 6.07 Å². The van der Waals surface area contributed by atoms with Gasteiger partial charge in [-0.05, 0) is 11.4 Å². The van der Waals surface area contributed by atoms with E-state index in [1.807, 2.05) is 24.0 Å². The molecule has 2 aromatic heterocycles. The first-order valence-electron chi connectivity index (χ1n) is 4.07. The highest BCUT2D eigenvalue weighted by atomic mass is 32.1. The van der Waals surface area contributed by atoms with Gasteiger partial charge in [-0.3, -0.25) is 4.68 Å². The first-order chi connectivity index (χ1) is 6.33. The van der Waals surface area contributed by atoms with Gasteiger partial charge in [0.2, 0.25) is 0 Å². The summed E-state index contributed by atoms with van der Waals surface area (Å²) in [6.45, 7) is 0.531. The Morgan fingerprint density at radius 1 is 1.62 bits per heavy atom. The molecule has 0 spiro atoms. The van der Waals surface area contributed by atoms with E-state index in [0.29, 0.717) is 6.54 Å². The molecule has 2 heterocycles. The highest BCUT2D eigenvalue weighted by molar-refractivity contribution is 7.13. The quantitative estimate of drug-likeness (QED) is 0.787. The van der Waals surface area contributed by atoms with Crippen LogP contribution in [0.4, 0.5) is 0 Å². The Balaban J connectivity index is 2.52. The summed E-state index contributed by atoms with van der Waals surface area (Å²) in [5.41, 5.74) is 7.88. The lowest BCUT2D eigenvalue weighted by molar-refractivity contribution is 0.713. The third-order valence-corrected chi connectivity index (χ3v) is 2.94. The average Bonchev–Trinajstić information content (AvgIpc) is 2.71. The molecular formula is C9H11N3S. The summed E-state index contributed by atoms with van der Waals surface area (Å²) in [6.07, 6.45) is 1.87. The van der Waals surface area contributed by atoms with Crippen molar-refractivity contribution in [2.45, 2.75) is 6.54 Å². The smallest absolute Gasteiger partial charge is 0.0603 e. The zero-order valence-electron chi connectivity index (χ0n) is 7.40. The summed E-state index contributed by atoms with van der Waals surface area (Å²) in [5, 5.41) is 6.24. The third kappa shape index (κ3) is 1.38. The summed E-state index contributed by atoms with van der Waals surface area (Å²) in [4.78, 5) is 1.23. The van der Waals surface area contributed by atoms with Crippen molar-refractivity contribution >= 4 is 11.3 Å². The molecule has 0 atom stereocenters. The lowest BCUT2D eigenvalue weighted by Gasteiger charge is -2.00. The second-order valence-electron chi connectivity index (χ2n) is 2.81. The summed E-state index contributed by atoms with van der Waals surface area (Å²) in [7, 11) is 1.92. The van der Waals surface area contributed by atoms with Crippen LogP contribution in [0.5, 0.6) is 0 Å². The highest BCUT2D eigenvalue weighted by Gasteiger charge is 2.08. The lowest BCUT2D eigenvalue weighted by Crippen LogP contribution is -2.05. The molecule has 4 heteroatoms. The Morgan fingerprint density at radius 3 is 3.08 bits per heavy atom. The van der Waals surface area contributed by atoms with Crippen molar-refractivity contribution in [2.75, 3.05) is 0 Å². The van der Waals surface area contributed by atoms with Crippen molar-refractivity contribution in [3.05, 3.63) is 29.4 Å². The number of aryl methyl sites for hydroxylation is 1. The summed E-state index contributed by atoms with van der Waals surface area (Å²) < 4.78 is 1.83. The molecule has 0 aliphatic heterocycles. The topological polar surface area (TPSA) is 43.8 Å². The van der Waals surface area contributed by atoms with Gasteiger partial charge in [-0.15, -0.1) is 11.3 Å². The molecule has 0 unspecified atom stereocenters. The van der Waals surface area contributed by atoms with Crippen molar-refractivity contribution in [1.82, 2.24) is 9.78 Å². The zero-order valence-corrected chi connectivity index (χ0v) is 8.21. The van der Waals surface area contributed by atoms with E-state index in [0.717, 1.165) is 11.3 Å². The first kappa shape index (κ1) is 8.47. The van der Waals surface area contributed by atoms with E-state index in [2.05, 4.69) is 16.5 Å². The minimum atomic E-state index is 0.531. The van der Waals surface area contributed by atoms with Crippen LogP contribution in [0.1, 0.15) is 5.69 Å². The first-order valence-corrected chi connectivity index (χ1v) is 4.95. The standard InChI is InChI=1S/C9H11N3S/c1-12-8(5-10)7(6-11-12)9-3-2-4-13-9/h2-4,6H,5,10H2,1H3. The van der Waals surface area contributed by atoms with Crippen LogP contribution in [-0.2, 0) is 13.6 Å². The van der Waals surface area contributed by atoms with Gasteiger partial charge in [0.15, 0.2) is 0 Å². The van der Waals surface area contributed by atoms with Crippen LogP contribution >= 0.6 is 11.3 Å². The van der Waals surface area contributed by atoms with Gasteiger partial charge in [0, 0.05) is 24.0 Å². The third-order valence-electron chi connectivity index (χ3n) is 2.04. The molecule has 13 heavy (non-hydrogen) atoms. The molecular weight excluding hydrogens is 182 g/mol. The molecule has 68 valence electrons. The Bertz CT molecular complexity index is 389. The maximum absolute atomic E-state index is 5.65. The normalized spacial score (nSPS) is 10.6. The highest BCUT2D eigenvalue weighted by Crippen LogP contribution is 2.27. The molecule has 0 aliphatic carbocycles. The van der Waals surface area contributed by atoms with Gasteiger partial charge < -0.3 is 5.73 Å². The molecule has 0 saturated carbocycles. The van der Waals surface area contributed by atoms with Crippen LogP contribution in [-0.4, -0.2) is 9.78 Å². The molecule has 0 bridgehead atoms. The fourth-order valence-electron chi connectivity index (χ4n) is 1.34. The van der Waals surface area contributed by atoms with Crippen LogP contribution in [0.25, 0.3) is 10.4 Å². The van der Waals surface area contributed by atoms with Crippen molar-refractivity contribution < 1.29 is 0 Å². The SMILES string of the molecule is Cn1ncc(-c2cccs2)c1CN. The van der Waals surface area contributed by atoms with E-state index in [4.69, 9.17) is 5.73 Å². The average molecular weight is 193 g/mol. The second-order valence-corrected chi connectivity index (χ2v) is 3.76. The molecule has 2 aromatic rings. The van der Waals surface area contributed by atoms with Crippen LogP contribution in [0.15, 0.2) is 23.7 Å². The largest absolute Gasteiger partial charge is 0.325 e. The van der Waals surface area contributed by atoms with Crippen LogP contribution in [0.2, 0.25) is 0 Å². The zero-order chi connectivity index (χ0) is 9.26. The van der Waals surface area contributed by atoms with Crippen molar-refractivity contribution in [3.8, 4) is 10.4 Å². The second kappa shape index (κ2) is 3.32. The van der Waals surface area contributed by atoms with E-state index in [9.17, 15) is 0 Å². The molecule has 0 amide bonds. The fraction of sp³-hybridized carbons (Fsp3) is 0.222. The minimum Gasteiger partial charge on any atom is -0.325 e. The van der Waals surface area contributed by atoms with Crippen LogP contribution in [0, 0.1) is 0 Å². The van der Waals surface area contributed by atoms with E-state index in [-0.39, 0.29) is 0 Å². The van der Waals surface area contributed by atoms with Gasteiger partial charge >= 0.3 is 0 Å². The number of aromatic nitrogens is 2. The van der Waals surface area contributed by atoms with E-state index < -0.39 is 0 Å². The Hall–Kier alpha value is -1.13. The molecule has 0 fully saturated rings. The number of hydrogen-bond acceptors (Lipinski definition) is 3. The Labute approximate surface area is 80.8 Å². The van der Waals surface area contributed by atoms with Crippen molar-refractivity contribution in [3.63, 3.8) is 0 Å². The van der Waals surface area contributed by atoms with Crippen molar-refractivity contribution in [1.29, 1.82) is 0 Å². The monoisotopic (exact) mass is 193 g/mol. The Morgan fingerprint density at radius 2 is 2.46 bits per heavy atom. The maximum atomic E-state index is 5.65. The van der Waals surface area contributed by atoms with Gasteiger partial charge in [0.05, 0.1) is 11.9 Å². The molecule has 3 nitrogen and oxygen atoms in total. The van der Waals surface area contributed by atoms with Gasteiger partial charge in [-0.2, -0.15) is 5.10 Å². The predicted molar refractivity (Wildman–Crippen MR) is 54.4 cm³/mol. The van der Waals surface area contributed by atoms with Gasteiger partial charge in [0.1, 0.15) is 0 Å². The summed E-state index contributed by atoms with van der Waals surface area (Å²) in [5.74, 6) is 0. The van der Waals surface area contributed by atoms with E-state index in [1.165, 1.54) is 4.88 Å². The summed E-state index contributed by atoms with van der Waals surface area (Å²) in [6, 6.07) is 4.12. The van der Waals surface area contributed by atoms with Crippen molar-refractivity contribution in [2.24, 2.45) is 12.8 Å². The molecule has 2 rings (SSSR count). The number of nitrogens with two attached hydrogens (primary N) is 1. The van der Waals surface area contributed by atoms with E-state index in [1.54, 1.807) is 11.3 Å². The Kier molecular flexibility index (Phi) is 2.16. The van der Waals surface area contributed by atoms with Gasteiger partial charge in [0.25, 0.3) is 0 Å². The predicted octanol–water partition coefficient (Wildman–Crippen LogP) is 1.61. The van der Waals surface area contributed by atoms with E-state index >= 15 is 0 Å². The molecule has 0 aliphatic rings. The fourth-order valence-corrected chi connectivity index (χ4v) is 2.10. The molecule has 2 N–H and O–H groups in total. The number of hydrogen-bond donors (Lipinski definition) is 1. The molecule has 0 saturated heterocycles. The number of thiophene rings is 1. The number of nitrogens with zero attached hydrogens (tertiary/aromatic N) is 2. The lowest BCUT2D eigenvalue weighted by atomic mass is 10.2. The number of rotatable bonds is 2. The minimum absolute atomic E-state index is 0.531. The maximum Gasteiger partial charge on any atom is 0.0603 e.